The molecule has 2 aromatic carbocycles. The molecule has 0 aliphatic carbocycles. The second kappa shape index (κ2) is 17.9. The van der Waals surface area contributed by atoms with Crippen LogP contribution >= 0.6 is 11.3 Å². The fourth-order valence-electron chi connectivity index (χ4n) is 5.53. The summed E-state index contributed by atoms with van der Waals surface area (Å²) in [4.78, 5) is 50.4. The zero-order chi connectivity index (χ0) is 36.3. The highest BCUT2D eigenvalue weighted by Crippen LogP contribution is 2.30. The van der Waals surface area contributed by atoms with E-state index in [-0.39, 0.29) is 42.7 Å². The third-order valence-corrected chi connectivity index (χ3v) is 10.3. The molecule has 1 aromatic heterocycles. The monoisotopic (exact) mass is 697 g/mol. The van der Waals surface area contributed by atoms with E-state index >= 15 is 0 Å². The smallest absolute Gasteiger partial charge is 0.262 e. The average Bonchev–Trinajstić information content (AvgIpc) is 3.58. The lowest BCUT2D eigenvalue weighted by molar-refractivity contribution is -0.143. The molecule has 266 valence electrons. The Bertz CT molecular complexity index is 1680. The van der Waals surface area contributed by atoms with Crippen LogP contribution in [0.15, 0.2) is 76.8 Å². The van der Waals surface area contributed by atoms with Crippen LogP contribution in [0.3, 0.4) is 0 Å². The predicted octanol–water partition coefficient (Wildman–Crippen LogP) is 7.19. The molecule has 3 N–H and O–H groups in total. The van der Waals surface area contributed by atoms with Crippen molar-refractivity contribution in [3.8, 4) is 5.75 Å². The van der Waals surface area contributed by atoms with Crippen LogP contribution in [0.5, 0.6) is 5.75 Å². The van der Waals surface area contributed by atoms with Gasteiger partial charge in [0.15, 0.2) is 5.84 Å². The fourth-order valence-corrected chi connectivity index (χ4v) is 6.49. The molecular formula is C40H51N5O4S. The van der Waals surface area contributed by atoms with Crippen LogP contribution < -0.4 is 15.8 Å². The maximum Gasteiger partial charge on any atom is 0.262 e. The second-order valence-corrected chi connectivity index (χ2v) is 15.0. The molecule has 0 bridgehead atoms. The molecular weight excluding hydrogens is 647 g/mol. The average molecular weight is 698 g/mol. The van der Waals surface area contributed by atoms with Crippen LogP contribution in [0.2, 0.25) is 0 Å². The first kappa shape index (κ1) is 38.2. The molecule has 1 atom stereocenters. The van der Waals surface area contributed by atoms with Crippen LogP contribution in [-0.4, -0.2) is 60.9 Å². The summed E-state index contributed by atoms with van der Waals surface area (Å²) in [5.41, 5.74) is 8.95. The maximum absolute atomic E-state index is 13.5. The number of ether oxygens (including phenoxy) is 1. The summed E-state index contributed by atoms with van der Waals surface area (Å²) in [6.07, 6.45) is 8.06. The third-order valence-electron chi connectivity index (χ3n) is 8.78. The van der Waals surface area contributed by atoms with Crippen molar-refractivity contribution < 1.29 is 19.1 Å². The van der Waals surface area contributed by atoms with Gasteiger partial charge in [-0.1, -0.05) is 89.8 Å². The number of amidine groups is 1. The minimum atomic E-state index is -0.818. The van der Waals surface area contributed by atoms with Crippen LogP contribution in [0, 0.1) is 5.92 Å². The van der Waals surface area contributed by atoms with Gasteiger partial charge >= 0.3 is 0 Å². The molecule has 1 fully saturated rings. The Morgan fingerprint density at radius 2 is 1.66 bits per heavy atom. The molecule has 0 radical (unpaired) electrons. The first-order chi connectivity index (χ1) is 23.9. The van der Waals surface area contributed by atoms with E-state index in [0.29, 0.717) is 10.7 Å². The van der Waals surface area contributed by atoms with Gasteiger partial charge in [-0.2, -0.15) is 0 Å². The summed E-state index contributed by atoms with van der Waals surface area (Å²) in [7, 11) is 0. The molecule has 50 heavy (non-hydrogen) atoms. The van der Waals surface area contributed by atoms with E-state index in [1.54, 1.807) is 17.2 Å². The Morgan fingerprint density at radius 1 is 1.00 bits per heavy atom. The van der Waals surface area contributed by atoms with Gasteiger partial charge in [0, 0.05) is 36.2 Å². The van der Waals surface area contributed by atoms with E-state index < -0.39 is 11.9 Å². The number of amides is 3. The van der Waals surface area contributed by atoms with Gasteiger partial charge in [-0.15, -0.1) is 11.3 Å². The lowest BCUT2D eigenvalue weighted by atomic mass is 9.95. The molecule has 4 rings (SSSR count). The number of aliphatic imine (C=N–C) groups is 2. The number of nitrogens with zero attached hydrogens (tertiary/aromatic N) is 3. The van der Waals surface area contributed by atoms with Gasteiger partial charge in [-0.25, -0.2) is 9.98 Å². The number of hydrogen-bond donors (Lipinski definition) is 2. The number of unbranched alkanes of at least 4 members (excludes halogenated alkanes) is 4. The highest BCUT2D eigenvalue weighted by atomic mass is 32.1. The van der Waals surface area contributed by atoms with Crippen molar-refractivity contribution in [2.24, 2.45) is 21.6 Å². The largest absolute Gasteiger partial charge is 0.494 e. The highest BCUT2D eigenvalue weighted by Gasteiger charge is 2.38. The zero-order valence-corrected chi connectivity index (χ0v) is 30.9. The lowest BCUT2D eigenvalue weighted by Gasteiger charge is -2.39. The zero-order valence-electron chi connectivity index (χ0n) is 30.0. The second-order valence-electron chi connectivity index (χ2n) is 13.9. The summed E-state index contributed by atoms with van der Waals surface area (Å²) >= 11 is 1.42. The lowest BCUT2D eigenvalue weighted by Crippen LogP contribution is -2.60. The van der Waals surface area contributed by atoms with Gasteiger partial charge in [-0.3, -0.25) is 14.4 Å². The number of likely N-dealkylation sites (tertiary alicyclic amines) is 1. The van der Waals surface area contributed by atoms with Gasteiger partial charge in [0.25, 0.3) is 5.91 Å². The number of carbonyl (C=O) groups is 3. The number of primary amides is 1. The first-order valence-corrected chi connectivity index (χ1v) is 18.2. The van der Waals surface area contributed by atoms with Crippen molar-refractivity contribution >= 4 is 47.2 Å². The maximum atomic E-state index is 13.5. The summed E-state index contributed by atoms with van der Waals surface area (Å²) in [5.74, 6) is -0.0248. The van der Waals surface area contributed by atoms with Crippen molar-refractivity contribution in [3.05, 3.63) is 93.3 Å². The molecule has 1 saturated heterocycles. The molecule has 10 heteroatoms. The van der Waals surface area contributed by atoms with E-state index in [4.69, 9.17) is 10.5 Å². The fraction of sp³-hybridized carbons (Fsp3) is 0.425. The van der Waals surface area contributed by atoms with Crippen LogP contribution in [-0.2, 0) is 21.4 Å². The van der Waals surface area contributed by atoms with Gasteiger partial charge in [0.05, 0.1) is 17.4 Å². The minimum Gasteiger partial charge on any atom is -0.494 e. The Hall–Kier alpha value is -4.57. The Balaban J connectivity index is 1.42. The van der Waals surface area contributed by atoms with Crippen LogP contribution in [0.25, 0.3) is 5.57 Å². The number of nitrogens with one attached hydrogen (secondary N) is 1. The van der Waals surface area contributed by atoms with E-state index in [1.807, 2.05) is 61.5 Å². The number of nitrogens with two attached hydrogens (primary N) is 1. The first-order valence-electron chi connectivity index (χ1n) is 17.4. The Morgan fingerprint density at radius 3 is 2.26 bits per heavy atom. The number of carbonyl (C=O) groups excluding carboxylic acids is 3. The number of thiophene rings is 1. The number of benzene rings is 2. The van der Waals surface area contributed by atoms with Crippen molar-refractivity contribution in [1.82, 2.24) is 10.2 Å². The van der Waals surface area contributed by atoms with E-state index in [1.165, 1.54) is 37.0 Å². The van der Waals surface area contributed by atoms with E-state index in [0.717, 1.165) is 45.9 Å². The van der Waals surface area contributed by atoms with Gasteiger partial charge in [-0.05, 0) is 66.4 Å². The Kier molecular flexibility index (Phi) is 13.7. The molecule has 9 nitrogen and oxygen atoms in total. The number of allylic oxidation sites excluding steroid dienone is 1. The molecule has 0 saturated carbocycles. The van der Waals surface area contributed by atoms with Crippen molar-refractivity contribution in [2.45, 2.75) is 84.6 Å². The molecule has 0 spiro atoms. The van der Waals surface area contributed by atoms with Gasteiger partial charge < -0.3 is 20.7 Å². The van der Waals surface area contributed by atoms with E-state index in [2.05, 4.69) is 49.7 Å². The SMILES string of the molecule is C=NC(=N/C=C(\C)c1ccc(OCCCCCCC)cc1)c1ccc(C[C@H](NC(=O)c2ccc(C(C)(C)C)s2)C(=O)N2CC(C(N)=O)C2)cc1. The molecule has 3 aromatic rings. The third kappa shape index (κ3) is 10.7. The number of rotatable bonds is 16. The molecule has 3 amide bonds. The van der Waals surface area contributed by atoms with Gasteiger partial charge in [0.1, 0.15) is 11.8 Å². The van der Waals surface area contributed by atoms with Crippen LogP contribution in [0.4, 0.5) is 0 Å². The van der Waals surface area contributed by atoms with Crippen molar-refractivity contribution in [1.29, 1.82) is 0 Å². The molecule has 2 heterocycles. The highest BCUT2D eigenvalue weighted by molar-refractivity contribution is 7.14. The summed E-state index contributed by atoms with van der Waals surface area (Å²) < 4.78 is 5.90. The topological polar surface area (TPSA) is 126 Å². The minimum absolute atomic E-state index is 0.0910. The molecule has 1 aliphatic rings. The standard InChI is InChI=1S/C40H51N5O4S/c1-7-8-9-10-11-22-49-32-18-16-29(17-19-32)27(2)24-43-37(42-6)30-14-12-28(13-15-30)23-33(39(48)45-25-31(26-45)36(41)46)44-38(47)34-20-21-35(50-34)40(3,4)5/h12-21,24,31,33H,6-11,22-23,25-26H2,1-5H3,(H2,41,46)(H,44,47)/b27-24+,43-37?/t33-/m0/s1. The summed E-state index contributed by atoms with van der Waals surface area (Å²) in [6, 6.07) is 18.5. The van der Waals surface area contributed by atoms with Crippen molar-refractivity contribution in [3.63, 3.8) is 0 Å². The summed E-state index contributed by atoms with van der Waals surface area (Å²) in [6.45, 7) is 15.4. The van der Waals surface area contributed by atoms with Gasteiger partial charge in [0.2, 0.25) is 11.8 Å². The van der Waals surface area contributed by atoms with E-state index in [9.17, 15) is 14.4 Å². The quantitative estimate of drug-likeness (QED) is 0.0934. The summed E-state index contributed by atoms with van der Waals surface area (Å²) in [5, 5.41) is 2.96. The van der Waals surface area contributed by atoms with Crippen molar-refractivity contribution in [2.75, 3.05) is 19.7 Å². The predicted molar refractivity (Wildman–Crippen MR) is 204 cm³/mol. The molecule has 1 aliphatic heterocycles. The number of hydrogen-bond acceptors (Lipinski definition) is 6. The van der Waals surface area contributed by atoms with Crippen LogP contribution in [0.1, 0.15) is 98.0 Å². The Labute approximate surface area is 300 Å². The normalized spacial score (nSPS) is 14.5. The molecule has 0 unspecified atom stereocenters.